The van der Waals surface area contributed by atoms with E-state index in [0.717, 1.165) is 12.8 Å². The van der Waals surface area contributed by atoms with Gasteiger partial charge in [-0.2, -0.15) is 0 Å². The van der Waals surface area contributed by atoms with Crippen LogP contribution in [0.3, 0.4) is 0 Å². The summed E-state index contributed by atoms with van der Waals surface area (Å²) in [4.78, 5) is 12.2. The Bertz CT molecular complexity index is 880. The monoisotopic (exact) mass is 364 g/mol. The summed E-state index contributed by atoms with van der Waals surface area (Å²) in [6, 6.07) is 3.96. The topological polar surface area (TPSA) is 26.3 Å². The van der Waals surface area contributed by atoms with Crippen molar-refractivity contribution in [2.75, 3.05) is 0 Å². The van der Waals surface area contributed by atoms with Crippen LogP contribution in [0, 0.1) is 23.3 Å². The van der Waals surface area contributed by atoms with Crippen molar-refractivity contribution in [1.29, 1.82) is 0 Å². The molecule has 0 saturated heterocycles. The molecule has 26 heavy (non-hydrogen) atoms. The first-order chi connectivity index (χ1) is 12.4. The van der Waals surface area contributed by atoms with Crippen LogP contribution in [-0.4, -0.2) is 5.97 Å². The average molecular weight is 364 g/mol. The molecule has 0 N–H and O–H groups in total. The van der Waals surface area contributed by atoms with Crippen LogP contribution in [0.15, 0.2) is 29.8 Å². The minimum atomic E-state index is -1.67. The Hall–Kier alpha value is -2.63. The number of hydrogen-bond acceptors (Lipinski definition) is 2. The lowest BCUT2D eigenvalue weighted by atomic mass is 9.88. The summed E-state index contributed by atoms with van der Waals surface area (Å²) < 4.78 is 58.9. The highest BCUT2D eigenvalue weighted by molar-refractivity contribution is 5.92. The molecule has 0 heterocycles. The molecule has 0 saturated carbocycles. The molecule has 136 valence electrons. The summed E-state index contributed by atoms with van der Waals surface area (Å²) in [5.74, 6) is -6.99. The van der Waals surface area contributed by atoms with Crippen LogP contribution in [0.4, 0.5) is 17.6 Å². The summed E-state index contributed by atoms with van der Waals surface area (Å²) in [6.07, 6.45) is 5.04. The predicted molar refractivity (Wildman–Crippen MR) is 88.9 cm³/mol. The molecule has 3 rings (SSSR count). The minimum absolute atomic E-state index is 0.332. The zero-order valence-corrected chi connectivity index (χ0v) is 14.0. The molecular weight excluding hydrogens is 348 g/mol. The van der Waals surface area contributed by atoms with E-state index in [9.17, 15) is 22.4 Å². The van der Waals surface area contributed by atoms with Crippen LogP contribution in [0.1, 0.15) is 47.7 Å². The van der Waals surface area contributed by atoms with Crippen molar-refractivity contribution in [3.8, 4) is 5.75 Å². The van der Waals surface area contributed by atoms with Crippen LogP contribution in [0.2, 0.25) is 0 Å². The fourth-order valence-electron chi connectivity index (χ4n) is 3.03. The first-order valence-corrected chi connectivity index (χ1v) is 8.28. The third-order valence-electron chi connectivity index (χ3n) is 4.29. The van der Waals surface area contributed by atoms with E-state index in [1.807, 2.05) is 6.08 Å². The average Bonchev–Trinajstić information content (AvgIpc) is 2.60. The summed E-state index contributed by atoms with van der Waals surface area (Å²) in [6.45, 7) is 2.07. The predicted octanol–water partition coefficient (Wildman–Crippen LogP) is 5.59. The van der Waals surface area contributed by atoms with Crippen LogP contribution in [-0.2, 0) is 6.42 Å². The molecule has 1 aliphatic carbocycles. The molecule has 0 bridgehead atoms. The van der Waals surface area contributed by atoms with Gasteiger partial charge in [0.25, 0.3) is 0 Å². The molecule has 2 aromatic rings. The molecule has 0 unspecified atom stereocenters. The second-order valence-electron chi connectivity index (χ2n) is 6.14. The largest absolute Gasteiger partial charge is 0.423 e. The molecule has 0 fully saturated rings. The number of carbonyl (C=O) groups is 1. The van der Waals surface area contributed by atoms with Crippen molar-refractivity contribution in [2.24, 2.45) is 0 Å². The van der Waals surface area contributed by atoms with E-state index in [1.54, 1.807) is 6.07 Å². The molecule has 0 radical (unpaired) electrons. The Morgan fingerprint density at radius 3 is 2.38 bits per heavy atom. The van der Waals surface area contributed by atoms with Gasteiger partial charge in [-0.05, 0) is 36.5 Å². The van der Waals surface area contributed by atoms with Gasteiger partial charge in [0.05, 0.1) is 5.56 Å². The van der Waals surface area contributed by atoms with Crippen molar-refractivity contribution in [1.82, 2.24) is 0 Å². The van der Waals surface area contributed by atoms with Crippen molar-refractivity contribution in [3.63, 3.8) is 0 Å². The Morgan fingerprint density at radius 2 is 1.73 bits per heavy atom. The van der Waals surface area contributed by atoms with Gasteiger partial charge in [0.15, 0.2) is 17.5 Å². The molecule has 0 amide bonds. The number of carbonyl (C=O) groups excluding carboxylic acids is 1. The molecule has 1 aliphatic rings. The number of fused-ring (bicyclic) bond motifs is 1. The fourth-order valence-corrected chi connectivity index (χ4v) is 3.03. The van der Waals surface area contributed by atoms with Crippen molar-refractivity contribution in [2.45, 2.75) is 32.6 Å². The second kappa shape index (κ2) is 7.32. The van der Waals surface area contributed by atoms with E-state index in [4.69, 9.17) is 4.74 Å². The first-order valence-electron chi connectivity index (χ1n) is 8.28. The normalized spacial score (nSPS) is 13.2. The van der Waals surface area contributed by atoms with Crippen molar-refractivity contribution < 1.29 is 27.1 Å². The SMILES string of the molecule is CCCC1=Cc2ccc(C(=O)Oc3cc(F)c(F)c(F)c3)c(F)c2CC1. The Kier molecular flexibility index (Phi) is 5.11. The van der Waals surface area contributed by atoms with E-state index in [0.29, 0.717) is 36.1 Å². The van der Waals surface area contributed by atoms with E-state index < -0.39 is 35.0 Å². The van der Waals surface area contributed by atoms with Gasteiger partial charge >= 0.3 is 5.97 Å². The Balaban J connectivity index is 1.88. The first kappa shape index (κ1) is 18.2. The maximum Gasteiger partial charge on any atom is 0.346 e. The van der Waals surface area contributed by atoms with Crippen molar-refractivity contribution >= 4 is 12.0 Å². The van der Waals surface area contributed by atoms with Crippen LogP contribution >= 0.6 is 0 Å². The summed E-state index contributed by atoms with van der Waals surface area (Å²) in [5, 5.41) is 0. The smallest absolute Gasteiger partial charge is 0.346 e. The summed E-state index contributed by atoms with van der Waals surface area (Å²) in [7, 11) is 0. The number of benzene rings is 2. The summed E-state index contributed by atoms with van der Waals surface area (Å²) >= 11 is 0. The van der Waals surface area contributed by atoms with Gasteiger partial charge < -0.3 is 4.74 Å². The van der Waals surface area contributed by atoms with Gasteiger partial charge in [0, 0.05) is 12.1 Å². The molecule has 0 spiro atoms. The van der Waals surface area contributed by atoms with Gasteiger partial charge in [-0.15, -0.1) is 0 Å². The molecule has 6 heteroatoms. The molecule has 0 atom stereocenters. The highest BCUT2D eigenvalue weighted by atomic mass is 19.2. The van der Waals surface area contributed by atoms with Gasteiger partial charge in [-0.25, -0.2) is 22.4 Å². The number of ether oxygens (including phenoxy) is 1. The number of esters is 1. The molecule has 2 aromatic carbocycles. The van der Waals surface area contributed by atoms with E-state index >= 15 is 0 Å². The molecule has 2 nitrogen and oxygen atoms in total. The van der Waals surface area contributed by atoms with E-state index in [2.05, 4.69) is 6.92 Å². The summed E-state index contributed by atoms with van der Waals surface area (Å²) in [5.41, 5.74) is 2.02. The zero-order chi connectivity index (χ0) is 18.8. The van der Waals surface area contributed by atoms with Crippen molar-refractivity contribution in [3.05, 3.63) is 69.8 Å². The number of rotatable bonds is 4. The maximum atomic E-state index is 14.7. The lowest BCUT2D eigenvalue weighted by Crippen LogP contribution is -2.14. The highest BCUT2D eigenvalue weighted by Gasteiger charge is 2.22. The number of allylic oxidation sites excluding steroid dienone is 1. The molecular formula is C20H16F4O2. The number of halogens is 4. The molecule has 0 aromatic heterocycles. The number of hydrogen-bond donors (Lipinski definition) is 0. The van der Waals surface area contributed by atoms with Crippen LogP contribution in [0.25, 0.3) is 6.08 Å². The van der Waals surface area contributed by atoms with Gasteiger partial charge in [-0.3, -0.25) is 0 Å². The second-order valence-corrected chi connectivity index (χ2v) is 6.14. The third-order valence-corrected chi connectivity index (χ3v) is 4.29. The minimum Gasteiger partial charge on any atom is -0.423 e. The quantitative estimate of drug-likeness (QED) is 0.306. The Morgan fingerprint density at radius 1 is 1.04 bits per heavy atom. The lowest BCUT2D eigenvalue weighted by Gasteiger charge is -2.18. The fraction of sp³-hybridized carbons (Fsp3) is 0.250. The van der Waals surface area contributed by atoms with Crippen LogP contribution in [0.5, 0.6) is 5.75 Å². The zero-order valence-electron chi connectivity index (χ0n) is 14.0. The maximum absolute atomic E-state index is 14.7. The van der Waals surface area contributed by atoms with Crippen LogP contribution < -0.4 is 4.74 Å². The van der Waals surface area contributed by atoms with Gasteiger partial charge in [-0.1, -0.05) is 31.1 Å². The standard InChI is InChI=1S/C20H16F4O2/c1-2-3-11-4-6-14-12(8-11)5-7-15(18(14)23)20(25)26-13-9-16(21)19(24)17(22)10-13/h5,7-10H,2-4,6H2,1H3. The van der Waals surface area contributed by atoms with Gasteiger partial charge in [0.1, 0.15) is 11.6 Å². The molecule has 0 aliphatic heterocycles. The lowest BCUT2D eigenvalue weighted by molar-refractivity contribution is 0.0728. The Labute approximate surface area is 148 Å². The van der Waals surface area contributed by atoms with E-state index in [1.165, 1.54) is 11.6 Å². The third kappa shape index (κ3) is 3.49. The highest BCUT2D eigenvalue weighted by Crippen LogP contribution is 2.30. The van der Waals surface area contributed by atoms with Gasteiger partial charge in [0.2, 0.25) is 0 Å². The van der Waals surface area contributed by atoms with E-state index in [-0.39, 0.29) is 5.56 Å².